The molecule has 0 radical (unpaired) electrons. The van der Waals surface area contributed by atoms with Crippen LogP contribution in [-0.2, 0) is 24.1 Å². The van der Waals surface area contributed by atoms with Gasteiger partial charge in [0, 0.05) is 10.9 Å². The van der Waals surface area contributed by atoms with Crippen molar-refractivity contribution >= 4 is 16.9 Å². The van der Waals surface area contributed by atoms with E-state index in [9.17, 15) is 18.0 Å². The minimum Gasteiger partial charge on any atom is -0.489 e. The molecule has 8 heteroatoms. The molecule has 1 heterocycles. The first-order valence-electron chi connectivity index (χ1n) is 11.8. The largest absolute Gasteiger partial charge is 0.489 e. The summed E-state index contributed by atoms with van der Waals surface area (Å²) >= 11 is 0. The number of hydrogen-bond acceptors (Lipinski definition) is 4. The number of esters is 1. The first kappa shape index (κ1) is 25.1. The minimum atomic E-state index is -4.54. The molecular formula is C30H23F3N2O3. The molecule has 5 nitrogen and oxygen atoms in total. The number of benzene rings is 4. The average Bonchev–Trinajstić information content (AvgIpc) is 3.29. The van der Waals surface area contributed by atoms with E-state index in [1.165, 1.54) is 13.2 Å². The van der Waals surface area contributed by atoms with Crippen LogP contribution < -0.4 is 4.74 Å². The number of carbonyl (C=O) groups is 1. The number of ether oxygens (including phenoxy) is 2. The minimum absolute atomic E-state index is 0.100. The van der Waals surface area contributed by atoms with Gasteiger partial charge in [0.05, 0.1) is 30.5 Å². The SMILES string of the molecule is COC(=O)c1cccc(COc2cccc(-c3c4cccc(C(F)(F)F)c4nn3Cc3ccccc3)c2)c1. The van der Waals surface area contributed by atoms with Gasteiger partial charge in [0.15, 0.2) is 0 Å². The van der Waals surface area contributed by atoms with Gasteiger partial charge in [0.2, 0.25) is 0 Å². The number of alkyl halides is 3. The third kappa shape index (κ3) is 5.25. The third-order valence-electron chi connectivity index (χ3n) is 6.11. The standard InChI is InChI=1S/C30H23F3N2O3/c1-37-29(36)23-12-5-10-21(16-23)19-38-24-13-6-11-22(17-24)28-25-14-7-15-26(30(31,32)33)27(25)34-35(28)18-20-8-3-2-4-9-20/h2-17H,18-19H2,1H3. The maximum atomic E-state index is 13.8. The Bertz CT molecular complexity index is 1590. The van der Waals surface area contributed by atoms with E-state index < -0.39 is 17.7 Å². The summed E-state index contributed by atoms with van der Waals surface area (Å²) in [5.41, 5.74) is 2.45. The number of aromatic nitrogens is 2. The number of halogens is 3. The van der Waals surface area contributed by atoms with Crippen LogP contribution in [0.15, 0.2) is 97.1 Å². The van der Waals surface area contributed by atoms with Crippen molar-refractivity contribution in [2.45, 2.75) is 19.3 Å². The molecule has 0 saturated heterocycles. The summed E-state index contributed by atoms with van der Waals surface area (Å²) in [5.74, 6) is 0.0872. The molecule has 5 rings (SSSR count). The molecule has 0 aliphatic rings. The molecule has 192 valence electrons. The molecule has 0 fully saturated rings. The van der Waals surface area contributed by atoms with E-state index in [0.29, 0.717) is 34.5 Å². The van der Waals surface area contributed by atoms with Crippen molar-refractivity contribution in [3.63, 3.8) is 0 Å². The van der Waals surface area contributed by atoms with Crippen LogP contribution in [0, 0.1) is 0 Å². The molecule has 0 aliphatic carbocycles. The fourth-order valence-electron chi connectivity index (χ4n) is 4.36. The molecule has 1 aromatic heterocycles. The van der Waals surface area contributed by atoms with Crippen molar-refractivity contribution in [3.8, 4) is 17.0 Å². The Morgan fingerprint density at radius 3 is 2.37 bits per heavy atom. The highest BCUT2D eigenvalue weighted by Gasteiger charge is 2.34. The molecule has 0 spiro atoms. The lowest BCUT2D eigenvalue weighted by atomic mass is 10.0. The van der Waals surface area contributed by atoms with E-state index in [1.807, 2.05) is 42.5 Å². The van der Waals surface area contributed by atoms with Crippen LogP contribution in [0.3, 0.4) is 0 Å². The Labute approximate surface area is 217 Å². The van der Waals surface area contributed by atoms with Crippen LogP contribution >= 0.6 is 0 Å². The normalized spacial score (nSPS) is 11.5. The van der Waals surface area contributed by atoms with Gasteiger partial charge >= 0.3 is 12.1 Å². The summed E-state index contributed by atoms with van der Waals surface area (Å²) in [7, 11) is 1.32. The Balaban J connectivity index is 1.53. The second kappa shape index (κ2) is 10.4. The Morgan fingerprint density at radius 1 is 0.868 bits per heavy atom. The second-order valence-corrected chi connectivity index (χ2v) is 8.70. The van der Waals surface area contributed by atoms with Crippen molar-refractivity contribution in [2.75, 3.05) is 7.11 Å². The molecule has 38 heavy (non-hydrogen) atoms. The molecular weight excluding hydrogens is 493 g/mol. The van der Waals surface area contributed by atoms with Gasteiger partial charge in [-0.15, -0.1) is 0 Å². The number of nitrogens with zero attached hydrogens (tertiary/aromatic N) is 2. The number of methoxy groups -OCH3 is 1. The van der Waals surface area contributed by atoms with Gasteiger partial charge in [-0.05, 0) is 41.5 Å². The van der Waals surface area contributed by atoms with Gasteiger partial charge in [-0.1, -0.05) is 66.7 Å². The molecule has 0 bridgehead atoms. The lowest BCUT2D eigenvalue weighted by Crippen LogP contribution is -2.06. The first-order valence-corrected chi connectivity index (χ1v) is 11.8. The van der Waals surface area contributed by atoms with Gasteiger partial charge in [-0.2, -0.15) is 18.3 Å². The lowest BCUT2D eigenvalue weighted by molar-refractivity contribution is -0.136. The van der Waals surface area contributed by atoms with Crippen LogP contribution in [0.5, 0.6) is 5.75 Å². The highest BCUT2D eigenvalue weighted by molar-refractivity contribution is 5.95. The first-order chi connectivity index (χ1) is 18.3. The smallest absolute Gasteiger partial charge is 0.418 e. The van der Waals surface area contributed by atoms with Crippen LogP contribution in [-0.4, -0.2) is 22.9 Å². The summed E-state index contributed by atoms with van der Waals surface area (Å²) in [6.07, 6.45) is -4.54. The van der Waals surface area contributed by atoms with E-state index in [4.69, 9.17) is 9.47 Å². The van der Waals surface area contributed by atoms with E-state index >= 15 is 0 Å². The third-order valence-corrected chi connectivity index (χ3v) is 6.11. The van der Waals surface area contributed by atoms with E-state index in [-0.39, 0.29) is 12.1 Å². The number of fused-ring (bicyclic) bond motifs is 1. The highest BCUT2D eigenvalue weighted by atomic mass is 19.4. The van der Waals surface area contributed by atoms with Gasteiger partial charge in [0.1, 0.15) is 17.9 Å². The molecule has 0 saturated carbocycles. The van der Waals surface area contributed by atoms with Crippen LogP contribution in [0.4, 0.5) is 13.2 Å². The monoisotopic (exact) mass is 516 g/mol. The number of hydrogen-bond donors (Lipinski definition) is 0. The van der Waals surface area contributed by atoms with Crippen molar-refractivity contribution in [2.24, 2.45) is 0 Å². The van der Waals surface area contributed by atoms with Crippen molar-refractivity contribution in [3.05, 3.63) is 119 Å². The number of rotatable bonds is 7. The predicted molar refractivity (Wildman–Crippen MR) is 138 cm³/mol. The van der Waals surface area contributed by atoms with Crippen LogP contribution in [0.1, 0.15) is 27.0 Å². The summed E-state index contributed by atoms with van der Waals surface area (Å²) in [5, 5.41) is 4.82. The van der Waals surface area contributed by atoms with Crippen LogP contribution in [0.2, 0.25) is 0 Å². The van der Waals surface area contributed by atoms with Gasteiger partial charge < -0.3 is 9.47 Å². The van der Waals surface area contributed by atoms with Crippen molar-refractivity contribution in [1.29, 1.82) is 0 Å². The van der Waals surface area contributed by atoms with E-state index in [2.05, 4.69) is 5.10 Å². The Kier molecular flexibility index (Phi) is 6.87. The molecule has 4 aromatic carbocycles. The average molecular weight is 517 g/mol. The lowest BCUT2D eigenvalue weighted by Gasteiger charge is -2.11. The summed E-state index contributed by atoms with van der Waals surface area (Å²) in [6.45, 7) is 0.490. The van der Waals surface area contributed by atoms with E-state index in [1.54, 1.807) is 47.1 Å². The van der Waals surface area contributed by atoms with Crippen molar-refractivity contribution < 1.29 is 27.4 Å². The molecule has 0 atom stereocenters. The van der Waals surface area contributed by atoms with E-state index in [0.717, 1.165) is 17.2 Å². The highest BCUT2D eigenvalue weighted by Crippen LogP contribution is 2.38. The fraction of sp³-hybridized carbons (Fsp3) is 0.133. The zero-order valence-electron chi connectivity index (χ0n) is 20.4. The zero-order valence-corrected chi connectivity index (χ0v) is 20.4. The maximum Gasteiger partial charge on any atom is 0.418 e. The fourth-order valence-corrected chi connectivity index (χ4v) is 4.36. The van der Waals surface area contributed by atoms with Crippen LogP contribution in [0.25, 0.3) is 22.2 Å². The quantitative estimate of drug-likeness (QED) is 0.216. The van der Waals surface area contributed by atoms with Crippen molar-refractivity contribution in [1.82, 2.24) is 9.78 Å². The molecule has 0 aliphatic heterocycles. The Hall–Kier alpha value is -4.59. The van der Waals surface area contributed by atoms with Gasteiger partial charge in [0.25, 0.3) is 0 Å². The second-order valence-electron chi connectivity index (χ2n) is 8.70. The topological polar surface area (TPSA) is 53.4 Å². The molecule has 0 unspecified atom stereocenters. The maximum absolute atomic E-state index is 13.8. The summed E-state index contributed by atoms with van der Waals surface area (Å²) in [6, 6.07) is 27.6. The Morgan fingerprint density at radius 2 is 1.61 bits per heavy atom. The molecule has 0 amide bonds. The molecule has 5 aromatic rings. The molecule has 0 N–H and O–H groups in total. The summed E-state index contributed by atoms with van der Waals surface area (Å²) < 4.78 is 53.8. The number of carbonyl (C=O) groups excluding carboxylic acids is 1. The summed E-state index contributed by atoms with van der Waals surface area (Å²) in [4.78, 5) is 11.8. The zero-order chi connectivity index (χ0) is 26.7. The van der Waals surface area contributed by atoms with Gasteiger partial charge in [-0.3, -0.25) is 4.68 Å². The predicted octanol–water partition coefficient (Wildman–Crippen LogP) is 7.14. The van der Waals surface area contributed by atoms with Gasteiger partial charge in [-0.25, -0.2) is 4.79 Å².